The molecule has 2 rings (SSSR count). The van der Waals surface area contributed by atoms with Gasteiger partial charge in [0.05, 0.1) is 0 Å². The first kappa shape index (κ1) is 13.1. The van der Waals surface area contributed by atoms with Crippen molar-refractivity contribution in [3.05, 3.63) is 77.9 Å². The fourth-order valence-electron chi connectivity index (χ4n) is 2.02. The Morgan fingerprint density at radius 1 is 0.947 bits per heavy atom. The van der Waals surface area contributed by atoms with Gasteiger partial charge in [0.1, 0.15) is 0 Å². The van der Waals surface area contributed by atoms with E-state index in [9.17, 15) is 4.79 Å². The molecule has 0 atom stereocenters. The first-order chi connectivity index (χ1) is 9.25. The molecule has 0 unspecified atom stereocenters. The first-order valence-corrected chi connectivity index (χ1v) is 6.28. The maximum Gasteiger partial charge on any atom is 0.328 e. The number of carbonyl (C=O) groups is 1. The molecule has 2 heteroatoms. The van der Waals surface area contributed by atoms with Gasteiger partial charge in [0.15, 0.2) is 0 Å². The molecular formula is C17H16O2. The summed E-state index contributed by atoms with van der Waals surface area (Å²) in [5.41, 5.74) is 3.05. The number of carboxylic acids is 1. The maximum absolute atomic E-state index is 10.9. The second kappa shape index (κ2) is 6.55. The third-order valence-corrected chi connectivity index (χ3v) is 2.97. The van der Waals surface area contributed by atoms with Crippen LogP contribution in [0.15, 0.2) is 66.7 Å². The van der Waals surface area contributed by atoms with Crippen LogP contribution in [0.2, 0.25) is 0 Å². The zero-order valence-electron chi connectivity index (χ0n) is 10.6. The van der Waals surface area contributed by atoms with Gasteiger partial charge in [-0.05, 0) is 29.5 Å². The highest BCUT2D eigenvalue weighted by molar-refractivity contribution is 5.90. The highest BCUT2D eigenvalue weighted by atomic mass is 16.4. The predicted octanol–water partition coefficient (Wildman–Crippen LogP) is 3.79. The average Bonchev–Trinajstić information content (AvgIpc) is 2.45. The largest absolute Gasteiger partial charge is 0.478 e. The normalized spacial score (nSPS) is 11.3. The number of aryl methyl sites for hydroxylation is 1. The van der Waals surface area contributed by atoms with E-state index in [1.54, 1.807) is 0 Å². The summed E-state index contributed by atoms with van der Waals surface area (Å²) in [6.07, 6.45) is 2.87. The van der Waals surface area contributed by atoms with E-state index in [2.05, 4.69) is 12.1 Å². The molecule has 0 aliphatic carbocycles. The molecule has 0 amide bonds. The molecule has 0 saturated heterocycles. The van der Waals surface area contributed by atoms with Crippen LogP contribution >= 0.6 is 0 Å². The van der Waals surface area contributed by atoms with Crippen molar-refractivity contribution in [2.75, 3.05) is 0 Å². The molecule has 0 saturated carbocycles. The molecule has 0 spiro atoms. The second-order valence-corrected chi connectivity index (χ2v) is 4.36. The lowest BCUT2D eigenvalue weighted by molar-refractivity contribution is -0.131. The van der Waals surface area contributed by atoms with Crippen molar-refractivity contribution in [1.82, 2.24) is 0 Å². The summed E-state index contributed by atoms with van der Waals surface area (Å²) < 4.78 is 0. The van der Waals surface area contributed by atoms with Crippen molar-refractivity contribution in [3.63, 3.8) is 0 Å². The summed E-state index contributed by atoms with van der Waals surface area (Å²) in [6.45, 7) is 0. The Kier molecular flexibility index (Phi) is 4.51. The number of rotatable bonds is 5. The fourth-order valence-corrected chi connectivity index (χ4v) is 2.02. The second-order valence-electron chi connectivity index (χ2n) is 4.36. The Morgan fingerprint density at radius 2 is 1.53 bits per heavy atom. The molecule has 0 bridgehead atoms. The van der Waals surface area contributed by atoms with Crippen molar-refractivity contribution in [2.45, 2.75) is 12.8 Å². The van der Waals surface area contributed by atoms with Gasteiger partial charge in [0.2, 0.25) is 0 Å². The summed E-state index contributed by atoms with van der Waals surface area (Å²) in [6, 6.07) is 19.8. The van der Waals surface area contributed by atoms with E-state index in [0.29, 0.717) is 0 Å². The summed E-state index contributed by atoms with van der Waals surface area (Å²) in [4.78, 5) is 10.9. The standard InChI is InChI=1S/C17H16O2/c18-17(19)13-16(15-9-5-2-6-10-15)12-11-14-7-3-1-4-8-14/h1-10,13H,11-12H2,(H,18,19)/b16-13-. The Bertz CT molecular complexity index is 556. The van der Waals surface area contributed by atoms with Gasteiger partial charge < -0.3 is 5.11 Å². The zero-order valence-corrected chi connectivity index (χ0v) is 10.6. The molecule has 0 aliphatic rings. The number of hydrogen-bond donors (Lipinski definition) is 1. The number of carboxylic acid groups (broad SMARTS) is 1. The van der Waals surface area contributed by atoms with Crippen LogP contribution in [0.1, 0.15) is 17.5 Å². The lowest BCUT2D eigenvalue weighted by Gasteiger charge is -2.07. The maximum atomic E-state index is 10.9. The Hall–Kier alpha value is -2.35. The summed E-state index contributed by atoms with van der Waals surface area (Å²) in [5, 5.41) is 8.97. The third-order valence-electron chi connectivity index (χ3n) is 2.97. The summed E-state index contributed by atoms with van der Waals surface area (Å²) >= 11 is 0. The molecule has 0 aromatic heterocycles. The number of benzene rings is 2. The molecule has 2 aromatic rings. The SMILES string of the molecule is O=C(O)/C=C(/CCc1ccccc1)c1ccccc1. The van der Waals surface area contributed by atoms with Crippen molar-refractivity contribution in [2.24, 2.45) is 0 Å². The minimum absolute atomic E-state index is 0.723. The Balaban J connectivity index is 2.14. The van der Waals surface area contributed by atoms with Gasteiger partial charge in [-0.25, -0.2) is 4.79 Å². The first-order valence-electron chi connectivity index (χ1n) is 6.28. The van der Waals surface area contributed by atoms with Crippen LogP contribution in [0, 0.1) is 0 Å². The lowest BCUT2D eigenvalue weighted by atomic mass is 9.98. The molecule has 19 heavy (non-hydrogen) atoms. The van der Waals surface area contributed by atoms with E-state index in [1.165, 1.54) is 11.6 Å². The smallest absolute Gasteiger partial charge is 0.328 e. The highest BCUT2D eigenvalue weighted by Crippen LogP contribution is 2.20. The third kappa shape index (κ3) is 4.11. The average molecular weight is 252 g/mol. The number of aliphatic carboxylic acids is 1. The Labute approximate surface area is 113 Å². The van der Waals surface area contributed by atoms with Gasteiger partial charge >= 0.3 is 5.97 Å². The summed E-state index contributed by atoms with van der Waals surface area (Å²) in [5.74, 6) is -0.896. The van der Waals surface area contributed by atoms with Gasteiger partial charge in [0, 0.05) is 6.08 Å². The Morgan fingerprint density at radius 3 is 2.11 bits per heavy atom. The van der Waals surface area contributed by atoms with E-state index >= 15 is 0 Å². The quantitative estimate of drug-likeness (QED) is 0.822. The molecular weight excluding hydrogens is 236 g/mol. The molecule has 96 valence electrons. The van der Waals surface area contributed by atoms with Crippen LogP contribution in [-0.4, -0.2) is 11.1 Å². The molecule has 2 nitrogen and oxygen atoms in total. The van der Waals surface area contributed by atoms with Crippen LogP contribution in [0.25, 0.3) is 5.57 Å². The number of allylic oxidation sites excluding steroid dienone is 1. The molecule has 0 radical (unpaired) electrons. The fraction of sp³-hybridized carbons (Fsp3) is 0.118. The van der Waals surface area contributed by atoms with Gasteiger partial charge in [-0.3, -0.25) is 0 Å². The van der Waals surface area contributed by atoms with Crippen LogP contribution < -0.4 is 0 Å². The molecule has 2 aromatic carbocycles. The molecule has 0 fully saturated rings. The van der Waals surface area contributed by atoms with E-state index < -0.39 is 5.97 Å². The van der Waals surface area contributed by atoms with Crippen molar-refractivity contribution < 1.29 is 9.90 Å². The van der Waals surface area contributed by atoms with Crippen molar-refractivity contribution in [1.29, 1.82) is 0 Å². The highest BCUT2D eigenvalue weighted by Gasteiger charge is 2.04. The topological polar surface area (TPSA) is 37.3 Å². The van der Waals surface area contributed by atoms with Crippen LogP contribution in [0.4, 0.5) is 0 Å². The van der Waals surface area contributed by atoms with Crippen LogP contribution in [0.5, 0.6) is 0 Å². The van der Waals surface area contributed by atoms with Crippen molar-refractivity contribution >= 4 is 11.5 Å². The van der Waals surface area contributed by atoms with E-state index in [1.807, 2.05) is 48.5 Å². The minimum atomic E-state index is -0.896. The predicted molar refractivity (Wildman–Crippen MR) is 76.8 cm³/mol. The molecule has 0 heterocycles. The molecule has 0 aliphatic heterocycles. The van der Waals surface area contributed by atoms with E-state index in [-0.39, 0.29) is 0 Å². The minimum Gasteiger partial charge on any atom is -0.478 e. The van der Waals surface area contributed by atoms with Crippen LogP contribution in [-0.2, 0) is 11.2 Å². The van der Waals surface area contributed by atoms with Gasteiger partial charge in [-0.15, -0.1) is 0 Å². The molecule has 1 N–H and O–H groups in total. The van der Waals surface area contributed by atoms with Gasteiger partial charge in [-0.1, -0.05) is 60.7 Å². The van der Waals surface area contributed by atoms with Crippen LogP contribution in [0.3, 0.4) is 0 Å². The van der Waals surface area contributed by atoms with E-state index in [0.717, 1.165) is 24.0 Å². The number of hydrogen-bond acceptors (Lipinski definition) is 1. The van der Waals surface area contributed by atoms with Gasteiger partial charge in [0.25, 0.3) is 0 Å². The van der Waals surface area contributed by atoms with Gasteiger partial charge in [-0.2, -0.15) is 0 Å². The lowest BCUT2D eigenvalue weighted by Crippen LogP contribution is -1.95. The van der Waals surface area contributed by atoms with E-state index in [4.69, 9.17) is 5.11 Å². The monoisotopic (exact) mass is 252 g/mol. The van der Waals surface area contributed by atoms with Crippen molar-refractivity contribution in [3.8, 4) is 0 Å². The summed E-state index contributed by atoms with van der Waals surface area (Å²) in [7, 11) is 0. The zero-order chi connectivity index (χ0) is 13.5.